The number of aliphatic hydroxyl groups is 1. The van der Waals surface area contributed by atoms with E-state index < -0.39 is 0 Å². The number of carbonyl (C=O) groups is 1. The Morgan fingerprint density at radius 1 is 1.55 bits per heavy atom. The molecular formula is C15H20N2O3. The molecule has 2 atom stereocenters. The average Bonchev–Trinajstić information content (AvgIpc) is 2.45. The maximum Gasteiger partial charge on any atom is 0.246 e. The van der Waals surface area contributed by atoms with Gasteiger partial charge in [-0.3, -0.25) is 9.78 Å². The van der Waals surface area contributed by atoms with E-state index >= 15 is 0 Å². The number of nitrogens with zero attached hydrogens (tertiary/aromatic N) is 2. The highest BCUT2D eigenvalue weighted by atomic mass is 16.3. The SMILES string of the molecule is CC(O)C1CCCN(C(=O)/C=C/c2cncc(O)c2)C1. The zero-order valence-corrected chi connectivity index (χ0v) is 11.6. The van der Waals surface area contributed by atoms with Crippen molar-refractivity contribution in [1.29, 1.82) is 0 Å². The van der Waals surface area contributed by atoms with Gasteiger partial charge in [0.1, 0.15) is 5.75 Å². The van der Waals surface area contributed by atoms with E-state index in [1.807, 2.05) is 0 Å². The van der Waals surface area contributed by atoms with Crippen LogP contribution in [0.15, 0.2) is 24.5 Å². The number of aliphatic hydroxyl groups excluding tert-OH is 1. The van der Waals surface area contributed by atoms with Crippen molar-refractivity contribution in [3.63, 3.8) is 0 Å². The molecule has 1 amide bonds. The number of aromatic nitrogens is 1. The summed E-state index contributed by atoms with van der Waals surface area (Å²) in [6.07, 6.45) is 7.55. The van der Waals surface area contributed by atoms with Crippen LogP contribution in [0.25, 0.3) is 6.08 Å². The summed E-state index contributed by atoms with van der Waals surface area (Å²) in [6.45, 7) is 3.09. The van der Waals surface area contributed by atoms with E-state index in [9.17, 15) is 15.0 Å². The smallest absolute Gasteiger partial charge is 0.246 e. The van der Waals surface area contributed by atoms with Crippen LogP contribution in [-0.2, 0) is 4.79 Å². The first kappa shape index (κ1) is 14.5. The minimum Gasteiger partial charge on any atom is -0.506 e. The Hall–Kier alpha value is -1.88. The molecule has 2 unspecified atom stereocenters. The molecule has 2 N–H and O–H groups in total. The maximum absolute atomic E-state index is 12.1. The number of aromatic hydroxyl groups is 1. The quantitative estimate of drug-likeness (QED) is 0.819. The fourth-order valence-corrected chi connectivity index (χ4v) is 2.41. The van der Waals surface area contributed by atoms with E-state index in [0.717, 1.165) is 19.4 Å². The second-order valence-electron chi connectivity index (χ2n) is 5.24. The number of hydrogen-bond acceptors (Lipinski definition) is 4. The van der Waals surface area contributed by atoms with Gasteiger partial charge in [-0.1, -0.05) is 0 Å². The molecule has 1 saturated heterocycles. The number of hydrogen-bond donors (Lipinski definition) is 2. The molecule has 0 radical (unpaired) electrons. The Morgan fingerprint density at radius 2 is 2.35 bits per heavy atom. The highest BCUT2D eigenvalue weighted by Gasteiger charge is 2.25. The molecule has 0 saturated carbocycles. The minimum absolute atomic E-state index is 0.0707. The average molecular weight is 276 g/mol. The van der Waals surface area contributed by atoms with Crippen LogP contribution >= 0.6 is 0 Å². The van der Waals surface area contributed by atoms with Gasteiger partial charge in [0.15, 0.2) is 0 Å². The molecule has 5 heteroatoms. The maximum atomic E-state index is 12.1. The molecule has 2 rings (SSSR count). The van der Waals surface area contributed by atoms with Crippen molar-refractivity contribution >= 4 is 12.0 Å². The lowest BCUT2D eigenvalue weighted by molar-refractivity contribution is -0.128. The Labute approximate surface area is 118 Å². The fourth-order valence-electron chi connectivity index (χ4n) is 2.41. The van der Waals surface area contributed by atoms with Crippen LogP contribution in [-0.4, -0.2) is 45.2 Å². The number of pyridine rings is 1. The van der Waals surface area contributed by atoms with E-state index in [1.54, 1.807) is 30.2 Å². The third-order valence-corrected chi connectivity index (χ3v) is 3.62. The summed E-state index contributed by atoms with van der Waals surface area (Å²) in [7, 11) is 0. The minimum atomic E-state index is -0.384. The van der Waals surface area contributed by atoms with Gasteiger partial charge in [-0.2, -0.15) is 0 Å². The van der Waals surface area contributed by atoms with Gasteiger partial charge < -0.3 is 15.1 Å². The predicted octanol–water partition coefficient (Wildman–Crippen LogP) is 1.42. The molecule has 0 aliphatic carbocycles. The van der Waals surface area contributed by atoms with E-state index in [-0.39, 0.29) is 23.7 Å². The number of amides is 1. The first-order chi connectivity index (χ1) is 9.56. The lowest BCUT2D eigenvalue weighted by Crippen LogP contribution is -2.42. The summed E-state index contributed by atoms with van der Waals surface area (Å²) in [4.78, 5) is 17.7. The normalized spacial score (nSPS) is 21.1. The van der Waals surface area contributed by atoms with Crippen LogP contribution in [0.5, 0.6) is 5.75 Å². The molecule has 0 aromatic carbocycles. The molecule has 5 nitrogen and oxygen atoms in total. The second kappa shape index (κ2) is 6.52. The Bertz CT molecular complexity index is 500. The first-order valence-electron chi connectivity index (χ1n) is 6.85. The summed E-state index contributed by atoms with van der Waals surface area (Å²) in [5, 5.41) is 18.9. The number of likely N-dealkylation sites (tertiary alicyclic amines) is 1. The summed E-state index contributed by atoms with van der Waals surface area (Å²) in [5.74, 6) is 0.161. The Kier molecular flexibility index (Phi) is 4.74. The van der Waals surface area contributed by atoms with E-state index in [2.05, 4.69) is 4.98 Å². The number of rotatable bonds is 3. The molecule has 0 bridgehead atoms. The van der Waals surface area contributed by atoms with Crippen molar-refractivity contribution in [3.8, 4) is 5.75 Å². The summed E-state index contributed by atoms with van der Waals surface area (Å²) in [6, 6.07) is 1.55. The van der Waals surface area contributed by atoms with Crippen LogP contribution in [0.4, 0.5) is 0 Å². The molecular weight excluding hydrogens is 256 g/mol. The van der Waals surface area contributed by atoms with Gasteiger partial charge in [-0.15, -0.1) is 0 Å². The lowest BCUT2D eigenvalue weighted by Gasteiger charge is -2.33. The molecule has 0 spiro atoms. The van der Waals surface area contributed by atoms with Crippen molar-refractivity contribution in [2.75, 3.05) is 13.1 Å². The van der Waals surface area contributed by atoms with Gasteiger partial charge in [-0.25, -0.2) is 0 Å². The van der Waals surface area contributed by atoms with Crippen molar-refractivity contribution in [2.24, 2.45) is 5.92 Å². The molecule has 1 aromatic rings. The predicted molar refractivity (Wildman–Crippen MR) is 75.9 cm³/mol. The van der Waals surface area contributed by atoms with E-state index in [4.69, 9.17) is 0 Å². The zero-order valence-electron chi connectivity index (χ0n) is 11.6. The van der Waals surface area contributed by atoms with Crippen LogP contribution < -0.4 is 0 Å². The molecule has 1 fully saturated rings. The summed E-state index contributed by atoms with van der Waals surface area (Å²) < 4.78 is 0. The van der Waals surface area contributed by atoms with Crippen molar-refractivity contribution < 1.29 is 15.0 Å². The number of piperidine rings is 1. The molecule has 20 heavy (non-hydrogen) atoms. The largest absolute Gasteiger partial charge is 0.506 e. The van der Waals surface area contributed by atoms with Crippen LogP contribution in [0, 0.1) is 5.92 Å². The topological polar surface area (TPSA) is 73.7 Å². The van der Waals surface area contributed by atoms with E-state index in [0.29, 0.717) is 12.1 Å². The zero-order chi connectivity index (χ0) is 14.5. The molecule has 108 valence electrons. The first-order valence-corrected chi connectivity index (χ1v) is 6.85. The third-order valence-electron chi connectivity index (χ3n) is 3.62. The van der Waals surface area contributed by atoms with Crippen molar-refractivity contribution in [1.82, 2.24) is 9.88 Å². The van der Waals surface area contributed by atoms with Gasteiger partial charge in [0.05, 0.1) is 12.3 Å². The van der Waals surface area contributed by atoms with Gasteiger partial charge in [-0.05, 0) is 37.5 Å². The summed E-state index contributed by atoms with van der Waals surface area (Å²) >= 11 is 0. The third kappa shape index (κ3) is 3.81. The standard InChI is InChI=1S/C15H20N2O3/c1-11(18)13-3-2-6-17(10-13)15(20)5-4-12-7-14(19)9-16-8-12/h4-5,7-9,11,13,18-19H,2-3,6,10H2,1H3/b5-4+. The van der Waals surface area contributed by atoms with Gasteiger partial charge in [0.2, 0.25) is 5.91 Å². The van der Waals surface area contributed by atoms with Gasteiger partial charge >= 0.3 is 0 Å². The highest BCUT2D eigenvalue weighted by molar-refractivity contribution is 5.91. The summed E-state index contributed by atoms with van der Waals surface area (Å²) in [5.41, 5.74) is 0.683. The lowest BCUT2D eigenvalue weighted by atomic mass is 9.93. The molecule has 1 aliphatic rings. The number of carbonyl (C=O) groups excluding carboxylic acids is 1. The molecule has 1 aromatic heterocycles. The monoisotopic (exact) mass is 276 g/mol. The Balaban J connectivity index is 1.97. The fraction of sp³-hybridized carbons (Fsp3) is 0.467. The van der Waals surface area contributed by atoms with Crippen LogP contribution in [0.2, 0.25) is 0 Å². The Morgan fingerprint density at radius 3 is 3.05 bits per heavy atom. The molecule has 2 heterocycles. The van der Waals surface area contributed by atoms with E-state index in [1.165, 1.54) is 12.3 Å². The molecule has 1 aliphatic heterocycles. The van der Waals surface area contributed by atoms with Crippen LogP contribution in [0.1, 0.15) is 25.3 Å². The second-order valence-corrected chi connectivity index (χ2v) is 5.24. The highest BCUT2D eigenvalue weighted by Crippen LogP contribution is 2.20. The van der Waals surface area contributed by atoms with Gasteiger partial charge in [0.25, 0.3) is 0 Å². The van der Waals surface area contributed by atoms with Gasteiger partial charge in [0, 0.05) is 31.3 Å². The van der Waals surface area contributed by atoms with Crippen molar-refractivity contribution in [2.45, 2.75) is 25.9 Å². The van der Waals surface area contributed by atoms with Crippen molar-refractivity contribution in [3.05, 3.63) is 30.1 Å². The van der Waals surface area contributed by atoms with Crippen LogP contribution in [0.3, 0.4) is 0 Å².